The quantitative estimate of drug-likeness (QED) is 0.820. The number of anilines is 1. The molecule has 0 saturated heterocycles. The van der Waals surface area contributed by atoms with Crippen LogP contribution in [0.15, 0.2) is 30.6 Å². The third-order valence-electron chi connectivity index (χ3n) is 2.52. The molecule has 0 radical (unpaired) electrons. The van der Waals surface area contributed by atoms with Crippen molar-refractivity contribution in [3.63, 3.8) is 0 Å². The van der Waals surface area contributed by atoms with Crippen LogP contribution in [0.3, 0.4) is 0 Å². The summed E-state index contributed by atoms with van der Waals surface area (Å²) in [7, 11) is 3.24. The molecular weight excluding hydrogens is 357 g/mol. The van der Waals surface area contributed by atoms with Crippen LogP contribution in [0, 0.1) is 3.57 Å². The second-order valence-electron chi connectivity index (χ2n) is 3.77. The van der Waals surface area contributed by atoms with E-state index in [2.05, 4.69) is 37.9 Å². The molecule has 5 nitrogen and oxygen atoms in total. The lowest BCUT2D eigenvalue weighted by Gasteiger charge is -2.10. The zero-order chi connectivity index (χ0) is 13.7. The normalized spacial score (nSPS) is 10.1. The van der Waals surface area contributed by atoms with Gasteiger partial charge in [0.1, 0.15) is 0 Å². The Kier molecular flexibility index (Phi) is 4.78. The third-order valence-corrected chi connectivity index (χ3v) is 3.08. The Balaban J connectivity index is 2.05. The monoisotopic (exact) mass is 371 g/mol. The molecular formula is C13H14IN3O2. The van der Waals surface area contributed by atoms with Gasteiger partial charge in [0.25, 0.3) is 0 Å². The highest BCUT2D eigenvalue weighted by Crippen LogP contribution is 2.27. The van der Waals surface area contributed by atoms with Crippen molar-refractivity contribution in [1.29, 1.82) is 0 Å². The summed E-state index contributed by atoms with van der Waals surface area (Å²) >= 11 is 2.17. The summed E-state index contributed by atoms with van der Waals surface area (Å²) in [4.78, 5) is 8.37. The molecule has 1 aromatic carbocycles. The standard InChI is InChI=1S/C13H14IN3O2/c1-18-11-4-3-9(5-12(11)19-2)6-15-13-16-7-10(14)8-17-13/h3-5,7-8H,6H2,1-2H3,(H,15,16,17). The van der Waals surface area contributed by atoms with E-state index in [0.29, 0.717) is 18.2 Å². The van der Waals surface area contributed by atoms with Gasteiger partial charge < -0.3 is 14.8 Å². The summed E-state index contributed by atoms with van der Waals surface area (Å²) in [5.74, 6) is 2.04. The highest BCUT2D eigenvalue weighted by atomic mass is 127. The van der Waals surface area contributed by atoms with Crippen LogP contribution in [0.5, 0.6) is 11.5 Å². The molecule has 2 aromatic rings. The molecule has 2 rings (SSSR count). The van der Waals surface area contributed by atoms with Crippen LogP contribution in [-0.4, -0.2) is 24.2 Å². The fourth-order valence-corrected chi connectivity index (χ4v) is 1.85. The fourth-order valence-electron chi connectivity index (χ4n) is 1.58. The van der Waals surface area contributed by atoms with Gasteiger partial charge in [-0.3, -0.25) is 0 Å². The molecule has 0 aliphatic carbocycles. The van der Waals surface area contributed by atoms with Gasteiger partial charge in [-0.25, -0.2) is 9.97 Å². The number of ether oxygens (including phenoxy) is 2. The van der Waals surface area contributed by atoms with Gasteiger partial charge in [-0.15, -0.1) is 0 Å². The highest BCUT2D eigenvalue weighted by molar-refractivity contribution is 14.1. The molecule has 1 heterocycles. The minimum atomic E-state index is 0.607. The molecule has 0 bridgehead atoms. The van der Waals surface area contributed by atoms with Crippen molar-refractivity contribution in [2.75, 3.05) is 19.5 Å². The summed E-state index contributed by atoms with van der Waals surface area (Å²) in [5.41, 5.74) is 1.07. The van der Waals surface area contributed by atoms with E-state index in [-0.39, 0.29) is 0 Å². The summed E-state index contributed by atoms with van der Waals surface area (Å²) in [6.07, 6.45) is 3.54. The van der Waals surface area contributed by atoms with Crippen molar-refractivity contribution in [3.8, 4) is 11.5 Å². The van der Waals surface area contributed by atoms with Gasteiger partial charge in [-0.05, 0) is 40.3 Å². The predicted molar refractivity (Wildman–Crippen MR) is 81.6 cm³/mol. The number of benzene rings is 1. The van der Waals surface area contributed by atoms with Crippen molar-refractivity contribution >= 4 is 28.5 Å². The zero-order valence-electron chi connectivity index (χ0n) is 10.7. The number of nitrogens with zero attached hydrogens (tertiary/aromatic N) is 2. The minimum absolute atomic E-state index is 0.607. The number of methoxy groups -OCH3 is 2. The average Bonchev–Trinajstić information content (AvgIpc) is 2.46. The molecule has 0 aliphatic rings. The van der Waals surface area contributed by atoms with Crippen molar-refractivity contribution in [3.05, 3.63) is 39.7 Å². The lowest BCUT2D eigenvalue weighted by Crippen LogP contribution is -2.04. The Morgan fingerprint density at radius 2 is 1.79 bits per heavy atom. The molecule has 1 aromatic heterocycles. The first-order valence-electron chi connectivity index (χ1n) is 5.65. The maximum absolute atomic E-state index is 5.26. The second kappa shape index (κ2) is 6.55. The molecule has 19 heavy (non-hydrogen) atoms. The molecule has 6 heteroatoms. The van der Waals surface area contributed by atoms with Gasteiger partial charge in [0.15, 0.2) is 11.5 Å². The highest BCUT2D eigenvalue weighted by Gasteiger charge is 2.04. The van der Waals surface area contributed by atoms with Crippen LogP contribution in [0.1, 0.15) is 5.56 Å². The number of nitrogens with one attached hydrogen (secondary N) is 1. The van der Waals surface area contributed by atoms with Crippen LogP contribution < -0.4 is 14.8 Å². The van der Waals surface area contributed by atoms with E-state index in [9.17, 15) is 0 Å². The van der Waals surface area contributed by atoms with E-state index in [0.717, 1.165) is 14.9 Å². The number of halogens is 1. The van der Waals surface area contributed by atoms with E-state index in [4.69, 9.17) is 9.47 Å². The summed E-state index contributed by atoms with van der Waals surface area (Å²) < 4.78 is 11.5. The van der Waals surface area contributed by atoms with Gasteiger partial charge in [0.05, 0.1) is 14.2 Å². The molecule has 0 atom stereocenters. The van der Waals surface area contributed by atoms with E-state index < -0.39 is 0 Å². The van der Waals surface area contributed by atoms with Gasteiger partial charge in [0, 0.05) is 22.5 Å². The average molecular weight is 371 g/mol. The van der Waals surface area contributed by atoms with Crippen LogP contribution in [-0.2, 0) is 6.54 Å². The summed E-state index contributed by atoms with van der Waals surface area (Å²) in [6.45, 7) is 0.626. The van der Waals surface area contributed by atoms with Crippen molar-refractivity contribution < 1.29 is 9.47 Å². The third kappa shape index (κ3) is 3.69. The maximum atomic E-state index is 5.26. The van der Waals surface area contributed by atoms with E-state index in [1.807, 2.05) is 18.2 Å². The summed E-state index contributed by atoms with van der Waals surface area (Å²) in [6, 6.07) is 5.78. The number of hydrogen-bond acceptors (Lipinski definition) is 5. The number of aromatic nitrogens is 2. The molecule has 0 amide bonds. The molecule has 100 valence electrons. The molecule has 0 saturated carbocycles. The topological polar surface area (TPSA) is 56.3 Å². The molecule has 0 aliphatic heterocycles. The SMILES string of the molecule is COc1ccc(CNc2ncc(I)cn2)cc1OC. The molecule has 0 fully saturated rings. The number of rotatable bonds is 5. The Hall–Kier alpha value is -1.57. The fraction of sp³-hybridized carbons (Fsp3) is 0.231. The first kappa shape index (κ1) is 13.9. The van der Waals surface area contributed by atoms with Crippen LogP contribution >= 0.6 is 22.6 Å². The maximum Gasteiger partial charge on any atom is 0.222 e. The first-order chi connectivity index (χ1) is 9.22. The Bertz CT molecular complexity index is 546. The Morgan fingerprint density at radius 3 is 2.42 bits per heavy atom. The predicted octanol–water partition coefficient (Wildman–Crippen LogP) is 2.71. The van der Waals surface area contributed by atoms with Crippen LogP contribution in [0.4, 0.5) is 5.95 Å². The first-order valence-corrected chi connectivity index (χ1v) is 6.73. The molecule has 1 N–H and O–H groups in total. The van der Waals surface area contributed by atoms with Crippen molar-refractivity contribution in [2.45, 2.75) is 6.54 Å². The number of hydrogen-bond donors (Lipinski definition) is 1. The van der Waals surface area contributed by atoms with Gasteiger partial charge in [0.2, 0.25) is 5.95 Å². The second-order valence-corrected chi connectivity index (χ2v) is 5.01. The summed E-state index contributed by atoms with van der Waals surface area (Å²) in [5, 5.41) is 3.16. The van der Waals surface area contributed by atoms with E-state index >= 15 is 0 Å². The van der Waals surface area contributed by atoms with Crippen molar-refractivity contribution in [1.82, 2.24) is 9.97 Å². The minimum Gasteiger partial charge on any atom is -0.493 e. The smallest absolute Gasteiger partial charge is 0.222 e. The van der Waals surface area contributed by atoms with E-state index in [1.54, 1.807) is 26.6 Å². The largest absolute Gasteiger partial charge is 0.493 e. The Labute approximate surface area is 125 Å². The van der Waals surface area contributed by atoms with Gasteiger partial charge >= 0.3 is 0 Å². The molecule has 0 unspecified atom stereocenters. The van der Waals surface area contributed by atoms with Crippen molar-refractivity contribution in [2.24, 2.45) is 0 Å². The zero-order valence-corrected chi connectivity index (χ0v) is 12.8. The Morgan fingerprint density at radius 1 is 1.11 bits per heavy atom. The van der Waals surface area contributed by atoms with Crippen LogP contribution in [0.25, 0.3) is 0 Å². The van der Waals surface area contributed by atoms with Gasteiger partial charge in [-0.2, -0.15) is 0 Å². The molecule has 0 spiro atoms. The van der Waals surface area contributed by atoms with E-state index in [1.165, 1.54) is 0 Å². The van der Waals surface area contributed by atoms with Crippen LogP contribution in [0.2, 0.25) is 0 Å². The lowest BCUT2D eigenvalue weighted by molar-refractivity contribution is 0.354. The van der Waals surface area contributed by atoms with Gasteiger partial charge in [-0.1, -0.05) is 6.07 Å². The lowest BCUT2D eigenvalue weighted by atomic mass is 10.2.